The molecule has 2 bridgehead atoms. The van der Waals surface area contributed by atoms with Crippen molar-refractivity contribution in [3.8, 4) is 0 Å². The fourth-order valence-corrected chi connectivity index (χ4v) is 7.11. The van der Waals surface area contributed by atoms with Crippen LogP contribution in [0.2, 0.25) is 0 Å². The molecule has 0 radical (unpaired) electrons. The molecule has 0 spiro atoms. The van der Waals surface area contributed by atoms with Crippen LogP contribution in [0.25, 0.3) is 0 Å². The Kier molecular flexibility index (Phi) is 10.9. The van der Waals surface area contributed by atoms with Gasteiger partial charge in [0.15, 0.2) is 0 Å². The predicted molar refractivity (Wildman–Crippen MR) is 137 cm³/mol. The third-order valence-electron chi connectivity index (χ3n) is 6.86. The highest BCUT2D eigenvalue weighted by atomic mass is 33.1. The van der Waals surface area contributed by atoms with Gasteiger partial charge in [-0.3, -0.25) is 19.2 Å². The first-order chi connectivity index (χ1) is 16.4. The normalized spacial score (nSPS) is 31.2. The molecule has 3 aliphatic heterocycles. The minimum Gasteiger partial charge on any atom is -0.343 e. The monoisotopic (exact) mass is 512 g/mol. The zero-order valence-electron chi connectivity index (χ0n) is 20.5. The molecule has 3 aliphatic rings. The fourth-order valence-electron chi connectivity index (χ4n) is 4.82. The predicted octanol–water partition coefficient (Wildman–Crippen LogP) is 2.62. The summed E-state index contributed by atoms with van der Waals surface area (Å²) in [6.07, 6.45) is 8.10. The molecular formula is C24H40N4O4S2. The molecule has 3 heterocycles. The molecule has 0 aromatic carbocycles. The van der Waals surface area contributed by atoms with E-state index in [-0.39, 0.29) is 29.5 Å². The van der Waals surface area contributed by atoms with Crippen molar-refractivity contribution in [1.82, 2.24) is 20.9 Å². The van der Waals surface area contributed by atoms with Gasteiger partial charge in [0.1, 0.15) is 24.2 Å². The maximum Gasteiger partial charge on any atom is 0.246 e. The van der Waals surface area contributed by atoms with Gasteiger partial charge in [-0.25, -0.2) is 0 Å². The Hall–Kier alpha value is -1.42. The number of carbonyl (C=O) groups excluding carboxylic acids is 4. The SMILES string of the molecule is CC(C)[C@@H]1NC(=O)[C@H]2CCCCCSSCCCCC[C@H](NC(=O)[C@H]3CCCN3C1=O)C(=O)N2. The Labute approximate surface area is 211 Å². The smallest absolute Gasteiger partial charge is 0.246 e. The number of nitrogens with one attached hydrogen (secondary N) is 3. The third-order valence-corrected chi connectivity index (χ3v) is 9.44. The largest absolute Gasteiger partial charge is 0.343 e. The van der Waals surface area contributed by atoms with Crippen LogP contribution in [0.15, 0.2) is 0 Å². The van der Waals surface area contributed by atoms with Crippen molar-refractivity contribution in [1.29, 1.82) is 0 Å². The molecule has 3 N–H and O–H groups in total. The molecule has 4 amide bonds. The van der Waals surface area contributed by atoms with E-state index < -0.39 is 24.2 Å². The Morgan fingerprint density at radius 3 is 1.85 bits per heavy atom. The molecule has 0 aromatic heterocycles. The summed E-state index contributed by atoms with van der Waals surface area (Å²) in [4.78, 5) is 54.8. The summed E-state index contributed by atoms with van der Waals surface area (Å²) >= 11 is 0. The summed E-state index contributed by atoms with van der Waals surface area (Å²) in [6, 6.07) is -2.73. The third kappa shape index (κ3) is 7.54. The zero-order valence-corrected chi connectivity index (χ0v) is 22.1. The van der Waals surface area contributed by atoms with Crippen molar-refractivity contribution >= 4 is 45.2 Å². The molecular weight excluding hydrogens is 472 g/mol. The standard InChI is InChI=1S/C24H40N4O4S2/c1-16(2)20-24(32)28-13-9-12-19(28)23(31)26-17-10-5-3-7-14-33-34-15-8-4-6-11-18(22(30)27-20)25-21(17)29/h16-20H,3-15H2,1-2H3,(H,25,29)(H,26,31)(H,27,30)/t17-,18+,19+,20-/m0/s1. The minimum atomic E-state index is -0.721. The summed E-state index contributed by atoms with van der Waals surface area (Å²) in [6.45, 7) is 4.28. The van der Waals surface area contributed by atoms with Crippen LogP contribution < -0.4 is 16.0 Å². The van der Waals surface area contributed by atoms with Gasteiger partial charge in [-0.15, -0.1) is 0 Å². The van der Waals surface area contributed by atoms with E-state index in [1.807, 2.05) is 35.4 Å². The van der Waals surface area contributed by atoms with Gasteiger partial charge in [0.05, 0.1) is 0 Å². The van der Waals surface area contributed by atoms with E-state index in [2.05, 4.69) is 16.0 Å². The Morgan fingerprint density at radius 1 is 0.706 bits per heavy atom. The Morgan fingerprint density at radius 2 is 1.26 bits per heavy atom. The van der Waals surface area contributed by atoms with Crippen LogP contribution in [0.4, 0.5) is 0 Å². The molecule has 0 aliphatic carbocycles. The first kappa shape index (κ1) is 27.2. The lowest BCUT2D eigenvalue weighted by molar-refractivity contribution is -0.144. The Balaban J connectivity index is 1.86. The highest BCUT2D eigenvalue weighted by molar-refractivity contribution is 8.76. The van der Waals surface area contributed by atoms with E-state index in [0.29, 0.717) is 25.8 Å². The summed E-state index contributed by atoms with van der Waals surface area (Å²) in [5, 5.41) is 8.79. The van der Waals surface area contributed by atoms with Gasteiger partial charge in [-0.05, 0) is 44.4 Å². The maximum atomic E-state index is 13.4. The molecule has 0 unspecified atom stereocenters. The van der Waals surface area contributed by atoms with Crippen LogP contribution >= 0.6 is 21.6 Å². The van der Waals surface area contributed by atoms with Crippen LogP contribution in [-0.4, -0.2) is 70.7 Å². The average Bonchev–Trinajstić information content (AvgIpc) is 3.29. The van der Waals surface area contributed by atoms with E-state index >= 15 is 0 Å². The number of nitrogens with zero attached hydrogens (tertiary/aromatic N) is 1. The lowest BCUT2D eigenvalue weighted by Gasteiger charge is -2.33. The molecule has 3 fully saturated rings. The number of hydrogen-bond donors (Lipinski definition) is 3. The van der Waals surface area contributed by atoms with Gasteiger partial charge >= 0.3 is 0 Å². The lowest BCUT2D eigenvalue weighted by atomic mass is 9.99. The number of carbonyl (C=O) groups is 4. The summed E-state index contributed by atoms with van der Waals surface area (Å²) in [7, 11) is 3.81. The van der Waals surface area contributed by atoms with E-state index in [1.165, 1.54) is 0 Å². The highest BCUT2D eigenvalue weighted by Crippen LogP contribution is 2.25. The van der Waals surface area contributed by atoms with Gasteiger partial charge in [0, 0.05) is 18.1 Å². The Bertz CT molecular complexity index is 736. The van der Waals surface area contributed by atoms with Gasteiger partial charge in [0.25, 0.3) is 0 Å². The zero-order chi connectivity index (χ0) is 24.5. The average molecular weight is 513 g/mol. The second kappa shape index (κ2) is 13.6. The van der Waals surface area contributed by atoms with Crippen LogP contribution in [0.5, 0.6) is 0 Å². The van der Waals surface area contributed by atoms with Gasteiger partial charge < -0.3 is 20.9 Å². The molecule has 0 saturated carbocycles. The van der Waals surface area contributed by atoms with E-state index in [0.717, 1.165) is 56.5 Å². The topological polar surface area (TPSA) is 108 Å². The first-order valence-corrected chi connectivity index (χ1v) is 15.3. The van der Waals surface area contributed by atoms with Crippen molar-refractivity contribution in [2.45, 2.75) is 102 Å². The van der Waals surface area contributed by atoms with Crippen molar-refractivity contribution in [3.05, 3.63) is 0 Å². The molecule has 192 valence electrons. The van der Waals surface area contributed by atoms with Crippen molar-refractivity contribution in [3.63, 3.8) is 0 Å². The quantitative estimate of drug-likeness (QED) is 0.466. The number of amides is 4. The molecule has 0 aromatic rings. The fraction of sp³-hybridized carbons (Fsp3) is 0.833. The molecule has 34 heavy (non-hydrogen) atoms. The van der Waals surface area contributed by atoms with Gasteiger partial charge in [-0.2, -0.15) is 0 Å². The van der Waals surface area contributed by atoms with Crippen molar-refractivity contribution in [2.75, 3.05) is 18.1 Å². The van der Waals surface area contributed by atoms with Crippen LogP contribution in [-0.2, 0) is 19.2 Å². The van der Waals surface area contributed by atoms with E-state index in [9.17, 15) is 19.2 Å². The number of fused-ring (bicyclic) bond motifs is 4. The minimum absolute atomic E-state index is 0.132. The van der Waals surface area contributed by atoms with Crippen LogP contribution in [0.1, 0.15) is 78.1 Å². The second-order valence-electron chi connectivity index (χ2n) is 9.88. The summed E-state index contributed by atoms with van der Waals surface area (Å²) in [5.74, 6) is 0.955. The van der Waals surface area contributed by atoms with Crippen molar-refractivity contribution in [2.24, 2.45) is 5.92 Å². The van der Waals surface area contributed by atoms with Crippen LogP contribution in [0, 0.1) is 5.92 Å². The lowest BCUT2D eigenvalue weighted by Crippen LogP contribution is -2.62. The molecule has 3 saturated heterocycles. The van der Waals surface area contributed by atoms with E-state index in [4.69, 9.17) is 0 Å². The second-order valence-corrected chi connectivity index (χ2v) is 12.6. The first-order valence-electron chi connectivity index (χ1n) is 12.8. The van der Waals surface area contributed by atoms with Gasteiger partial charge in [0.2, 0.25) is 23.6 Å². The summed E-state index contributed by atoms with van der Waals surface area (Å²) < 4.78 is 0. The van der Waals surface area contributed by atoms with Crippen LogP contribution in [0.3, 0.4) is 0 Å². The number of hydrogen-bond acceptors (Lipinski definition) is 6. The summed E-state index contributed by atoms with van der Waals surface area (Å²) in [5.41, 5.74) is 0. The molecule has 4 atom stereocenters. The molecule has 8 nitrogen and oxygen atoms in total. The van der Waals surface area contributed by atoms with Gasteiger partial charge in [-0.1, -0.05) is 61.1 Å². The maximum absolute atomic E-state index is 13.4. The highest BCUT2D eigenvalue weighted by Gasteiger charge is 2.41. The molecule has 3 rings (SSSR count). The number of rotatable bonds is 1. The van der Waals surface area contributed by atoms with Crippen molar-refractivity contribution < 1.29 is 19.2 Å². The molecule has 10 heteroatoms. The van der Waals surface area contributed by atoms with E-state index in [1.54, 1.807) is 4.90 Å².